The summed E-state index contributed by atoms with van der Waals surface area (Å²) in [5.74, 6) is 0.486. The second-order valence-electron chi connectivity index (χ2n) is 6.52. The molecule has 29 heavy (non-hydrogen) atoms. The third-order valence-electron chi connectivity index (χ3n) is 4.48. The van der Waals surface area contributed by atoms with Gasteiger partial charge >= 0.3 is 6.01 Å². The summed E-state index contributed by atoms with van der Waals surface area (Å²) in [5.41, 5.74) is 8.65. The van der Waals surface area contributed by atoms with Crippen LogP contribution >= 0.6 is 0 Å². The summed E-state index contributed by atoms with van der Waals surface area (Å²) >= 11 is 0. The van der Waals surface area contributed by atoms with Gasteiger partial charge < -0.3 is 10.5 Å². The zero-order valence-corrected chi connectivity index (χ0v) is 15.7. The molecule has 0 fully saturated rings. The van der Waals surface area contributed by atoms with Crippen molar-refractivity contribution in [2.24, 2.45) is 4.99 Å². The van der Waals surface area contributed by atoms with E-state index in [0.29, 0.717) is 22.3 Å². The number of pyridine rings is 1. The van der Waals surface area contributed by atoms with Gasteiger partial charge in [0.1, 0.15) is 5.75 Å². The van der Waals surface area contributed by atoms with Gasteiger partial charge in [0.25, 0.3) is 5.56 Å². The van der Waals surface area contributed by atoms with Gasteiger partial charge in [-0.05, 0) is 36.8 Å². The molecule has 0 amide bonds. The molecule has 0 aliphatic rings. The normalized spacial score (nSPS) is 12.3. The van der Waals surface area contributed by atoms with Gasteiger partial charge in [-0.15, -0.1) is 0 Å². The quantitative estimate of drug-likeness (QED) is 0.401. The molecule has 0 radical (unpaired) electrons. The monoisotopic (exact) mass is 385 g/mol. The first kappa shape index (κ1) is 18.4. The number of aliphatic imine (C=N–C) groups is 1. The number of anilines is 1. The number of rotatable bonds is 5. The first-order chi connectivity index (χ1) is 14.1. The summed E-state index contributed by atoms with van der Waals surface area (Å²) in [6.07, 6.45) is 4.78. The van der Waals surface area contributed by atoms with E-state index in [1.165, 1.54) is 6.20 Å². The number of H-pyrrole nitrogens is 1. The molecule has 2 aromatic heterocycles. The Hall–Kier alpha value is -4.00. The fourth-order valence-corrected chi connectivity index (χ4v) is 2.87. The van der Waals surface area contributed by atoms with E-state index < -0.39 is 0 Å². The highest BCUT2D eigenvalue weighted by atomic mass is 16.5. The minimum atomic E-state index is -0.290. The van der Waals surface area contributed by atoms with E-state index in [9.17, 15) is 4.79 Å². The van der Waals surface area contributed by atoms with E-state index in [0.717, 1.165) is 11.1 Å². The third-order valence-corrected chi connectivity index (χ3v) is 4.48. The number of nitrogens with two attached hydrogens (primary N) is 1. The molecule has 3 N–H and O–H groups in total. The fraction of sp³-hybridized carbons (Fsp3) is 0.0909. The molecule has 0 bridgehead atoms. The van der Waals surface area contributed by atoms with Crippen LogP contribution in [0.2, 0.25) is 0 Å². The van der Waals surface area contributed by atoms with E-state index >= 15 is 0 Å². The fourth-order valence-electron chi connectivity index (χ4n) is 2.87. The van der Waals surface area contributed by atoms with E-state index in [-0.39, 0.29) is 17.6 Å². The number of aromatic nitrogens is 3. The number of benzene rings is 2. The molecule has 0 saturated heterocycles. The predicted octanol–water partition coefficient (Wildman–Crippen LogP) is 3.87. The van der Waals surface area contributed by atoms with Crippen molar-refractivity contribution in [3.05, 3.63) is 88.5 Å². The number of nitrogen functional groups attached to an aromatic ring is 1. The molecule has 1 unspecified atom stereocenters. The number of ether oxygens (including phenoxy) is 1. The second kappa shape index (κ2) is 7.93. The van der Waals surface area contributed by atoms with Crippen LogP contribution in [0.5, 0.6) is 11.8 Å². The molecule has 0 saturated carbocycles. The van der Waals surface area contributed by atoms with Crippen molar-refractivity contribution >= 4 is 22.8 Å². The lowest BCUT2D eigenvalue weighted by Gasteiger charge is -2.09. The summed E-state index contributed by atoms with van der Waals surface area (Å²) in [7, 11) is 0. The van der Waals surface area contributed by atoms with Gasteiger partial charge in [0.2, 0.25) is 0 Å². The highest BCUT2D eigenvalue weighted by molar-refractivity contribution is 5.87. The van der Waals surface area contributed by atoms with E-state index in [1.807, 2.05) is 37.3 Å². The summed E-state index contributed by atoms with van der Waals surface area (Å²) < 4.78 is 5.74. The van der Waals surface area contributed by atoms with Crippen molar-refractivity contribution in [2.75, 3.05) is 5.73 Å². The summed E-state index contributed by atoms with van der Waals surface area (Å²) in [4.78, 5) is 27.7. The van der Waals surface area contributed by atoms with Crippen molar-refractivity contribution < 1.29 is 4.74 Å². The van der Waals surface area contributed by atoms with E-state index in [4.69, 9.17) is 10.5 Å². The van der Waals surface area contributed by atoms with Gasteiger partial charge in [-0.3, -0.25) is 19.8 Å². The zero-order chi connectivity index (χ0) is 20.2. The smallest absolute Gasteiger partial charge is 0.302 e. The molecule has 1 atom stereocenters. The molecule has 0 aliphatic heterocycles. The largest absolute Gasteiger partial charge is 0.426 e. The molecule has 7 nitrogen and oxygen atoms in total. The van der Waals surface area contributed by atoms with Crippen LogP contribution < -0.4 is 16.0 Å². The lowest BCUT2D eigenvalue weighted by atomic mass is 10.1. The Morgan fingerprint density at radius 3 is 2.83 bits per heavy atom. The Morgan fingerprint density at radius 1 is 1.17 bits per heavy atom. The predicted molar refractivity (Wildman–Crippen MR) is 114 cm³/mol. The van der Waals surface area contributed by atoms with Crippen LogP contribution in [0.25, 0.3) is 10.9 Å². The number of nitrogens with one attached hydrogen (secondary N) is 1. The van der Waals surface area contributed by atoms with Crippen LogP contribution in [0.4, 0.5) is 5.69 Å². The second-order valence-corrected chi connectivity index (χ2v) is 6.52. The number of hydrogen-bond donors (Lipinski definition) is 2. The van der Waals surface area contributed by atoms with Gasteiger partial charge in [-0.25, -0.2) is 0 Å². The summed E-state index contributed by atoms with van der Waals surface area (Å²) in [6.45, 7) is 2.01. The minimum Gasteiger partial charge on any atom is -0.426 e. The summed E-state index contributed by atoms with van der Waals surface area (Å²) in [5, 5.41) is 0.451. The maximum Gasteiger partial charge on any atom is 0.302 e. The average Bonchev–Trinajstić information content (AvgIpc) is 2.74. The Kier molecular flexibility index (Phi) is 5.03. The van der Waals surface area contributed by atoms with Crippen LogP contribution in [-0.4, -0.2) is 21.2 Å². The highest BCUT2D eigenvalue weighted by Gasteiger charge is 2.08. The SMILES string of the molecule is CC(N=Cc1cc(Oc2nc3cnccc3c(=O)[nH]2)ccc1N)c1ccccc1. The molecular formula is C22H19N5O2. The van der Waals surface area contributed by atoms with Crippen LogP contribution in [-0.2, 0) is 0 Å². The van der Waals surface area contributed by atoms with E-state index in [2.05, 4.69) is 19.9 Å². The molecule has 2 aromatic carbocycles. The number of hydrogen-bond acceptors (Lipinski definition) is 6. The first-order valence-corrected chi connectivity index (χ1v) is 9.10. The van der Waals surface area contributed by atoms with Crippen LogP contribution in [0.15, 0.2) is 76.8 Å². The van der Waals surface area contributed by atoms with Gasteiger partial charge in [0.05, 0.1) is 23.1 Å². The molecule has 2 heterocycles. The molecule has 144 valence electrons. The Balaban J connectivity index is 1.59. The Labute approximate surface area is 166 Å². The Bertz CT molecular complexity index is 1230. The van der Waals surface area contributed by atoms with E-state index in [1.54, 1.807) is 36.7 Å². The average molecular weight is 385 g/mol. The van der Waals surface area contributed by atoms with Gasteiger partial charge in [0, 0.05) is 23.7 Å². The van der Waals surface area contributed by atoms with Crippen molar-refractivity contribution in [3.63, 3.8) is 0 Å². The molecule has 4 aromatic rings. The number of nitrogens with zero attached hydrogens (tertiary/aromatic N) is 3. The molecular weight excluding hydrogens is 366 g/mol. The van der Waals surface area contributed by atoms with Crippen molar-refractivity contribution in [1.82, 2.24) is 15.0 Å². The standard InChI is InChI=1S/C22H19N5O2/c1-14(15-5-3-2-4-6-15)25-12-16-11-17(7-8-19(16)23)29-22-26-20-13-24-10-9-18(20)21(28)27-22/h2-14H,23H2,1H3,(H,26,27,28). The third kappa shape index (κ3) is 4.14. The minimum absolute atomic E-state index is 0.00816. The molecule has 4 rings (SSSR count). The molecule has 0 aliphatic carbocycles. The maximum atomic E-state index is 12.2. The maximum absolute atomic E-state index is 12.2. The molecule has 0 spiro atoms. The van der Waals surface area contributed by atoms with Crippen LogP contribution in [0, 0.1) is 0 Å². The van der Waals surface area contributed by atoms with Crippen molar-refractivity contribution in [1.29, 1.82) is 0 Å². The first-order valence-electron chi connectivity index (χ1n) is 9.10. The lowest BCUT2D eigenvalue weighted by Crippen LogP contribution is -2.09. The summed E-state index contributed by atoms with van der Waals surface area (Å²) in [6, 6.07) is 16.9. The van der Waals surface area contributed by atoms with Gasteiger partial charge in [-0.2, -0.15) is 4.98 Å². The topological polar surface area (TPSA) is 106 Å². The molecule has 7 heteroatoms. The highest BCUT2D eigenvalue weighted by Crippen LogP contribution is 2.23. The number of fused-ring (bicyclic) bond motifs is 1. The van der Waals surface area contributed by atoms with Gasteiger partial charge in [0.15, 0.2) is 0 Å². The van der Waals surface area contributed by atoms with Gasteiger partial charge in [-0.1, -0.05) is 30.3 Å². The van der Waals surface area contributed by atoms with Crippen molar-refractivity contribution in [3.8, 4) is 11.8 Å². The van der Waals surface area contributed by atoms with Crippen molar-refractivity contribution in [2.45, 2.75) is 13.0 Å². The lowest BCUT2D eigenvalue weighted by molar-refractivity contribution is 0.443. The number of aromatic amines is 1. The zero-order valence-electron chi connectivity index (χ0n) is 15.7. The van der Waals surface area contributed by atoms with Crippen LogP contribution in [0.1, 0.15) is 24.1 Å². The van der Waals surface area contributed by atoms with Crippen LogP contribution in [0.3, 0.4) is 0 Å². The Morgan fingerprint density at radius 2 is 2.00 bits per heavy atom.